The van der Waals surface area contributed by atoms with E-state index in [1.807, 2.05) is 31.2 Å². The molecule has 3 heteroatoms. The van der Waals surface area contributed by atoms with Crippen molar-refractivity contribution >= 4 is 0 Å². The molecule has 1 aromatic rings. The van der Waals surface area contributed by atoms with Gasteiger partial charge >= 0.3 is 0 Å². The average Bonchev–Trinajstić information content (AvgIpc) is 2.40. The van der Waals surface area contributed by atoms with E-state index in [-0.39, 0.29) is 0 Å². The maximum absolute atomic E-state index is 5.73. The van der Waals surface area contributed by atoms with Crippen LogP contribution in [0, 0.1) is 0 Å². The highest BCUT2D eigenvalue weighted by atomic mass is 16.5. The van der Waals surface area contributed by atoms with Gasteiger partial charge in [0.05, 0.1) is 6.61 Å². The van der Waals surface area contributed by atoms with Crippen molar-refractivity contribution in [2.75, 3.05) is 26.3 Å². The van der Waals surface area contributed by atoms with Crippen LogP contribution >= 0.6 is 0 Å². The van der Waals surface area contributed by atoms with Crippen molar-refractivity contribution in [3.05, 3.63) is 35.9 Å². The Morgan fingerprint density at radius 1 is 1.12 bits per heavy atom. The summed E-state index contributed by atoms with van der Waals surface area (Å²) in [4.78, 5) is 0. The third kappa shape index (κ3) is 3.79. The van der Waals surface area contributed by atoms with E-state index >= 15 is 0 Å². The van der Waals surface area contributed by atoms with E-state index in [4.69, 9.17) is 9.47 Å². The second-order valence-corrected chi connectivity index (χ2v) is 4.01. The van der Waals surface area contributed by atoms with Crippen molar-refractivity contribution in [3.63, 3.8) is 0 Å². The van der Waals surface area contributed by atoms with Gasteiger partial charge in [-0.25, -0.2) is 0 Å². The van der Waals surface area contributed by atoms with Crippen molar-refractivity contribution < 1.29 is 9.47 Å². The molecule has 0 amide bonds. The number of hydrogen-bond acceptors (Lipinski definition) is 3. The van der Waals surface area contributed by atoms with Crippen molar-refractivity contribution in [2.45, 2.75) is 13.3 Å². The maximum atomic E-state index is 5.73. The summed E-state index contributed by atoms with van der Waals surface area (Å²) in [6, 6.07) is 7.78. The highest BCUT2D eigenvalue weighted by molar-refractivity contribution is 5.31. The minimum Gasteiger partial charge on any atom is -0.494 e. The first-order valence-electron chi connectivity index (χ1n) is 6.13. The number of nitrogens with one attached hydrogen (secondary N) is 1. The lowest BCUT2D eigenvalue weighted by atomic mass is 10.1. The predicted octanol–water partition coefficient (Wildman–Crippen LogP) is 2.38. The van der Waals surface area contributed by atoms with E-state index < -0.39 is 0 Å². The van der Waals surface area contributed by atoms with Crippen LogP contribution in [0.15, 0.2) is 35.9 Å². The summed E-state index contributed by atoms with van der Waals surface area (Å²) < 4.78 is 11.1. The van der Waals surface area contributed by atoms with Gasteiger partial charge in [-0.1, -0.05) is 6.08 Å². The van der Waals surface area contributed by atoms with Gasteiger partial charge in [-0.05, 0) is 49.7 Å². The zero-order valence-electron chi connectivity index (χ0n) is 10.2. The van der Waals surface area contributed by atoms with Gasteiger partial charge in [0.15, 0.2) is 0 Å². The van der Waals surface area contributed by atoms with E-state index in [0.717, 1.165) is 31.0 Å². The molecule has 17 heavy (non-hydrogen) atoms. The molecule has 92 valence electrons. The average molecular weight is 233 g/mol. The molecule has 0 fully saturated rings. The van der Waals surface area contributed by atoms with Crippen molar-refractivity contribution in [3.8, 4) is 11.5 Å². The fraction of sp³-hybridized carbons (Fsp3) is 0.429. The minimum atomic E-state index is 0.690. The van der Waals surface area contributed by atoms with Crippen molar-refractivity contribution in [2.24, 2.45) is 0 Å². The van der Waals surface area contributed by atoms with Crippen LogP contribution in [-0.2, 0) is 0 Å². The summed E-state index contributed by atoms with van der Waals surface area (Å²) in [7, 11) is 0. The molecule has 0 spiro atoms. The zero-order valence-corrected chi connectivity index (χ0v) is 10.2. The second-order valence-electron chi connectivity index (χ2n) is 4.01. The summed E-state index contributed by atoms with van der Waals surface area (Å²) in [6.07, 6.45) is 3.29. The van der Waals surface area contributed by atoms with Gasteiger partial charge in [0, 0.05) is 6.54 Å². The molecule has 0 aliphatic carbocycles. The van der Waals surface area contributed by atoms with Crippen molar-refractivity contribution in [1.29, 1.82) is 0 Å². The monoisotopic (exact) mass is 233 g/mol. The van der Waals surface area contributed by atoms with Crippen LogP contribution in [0.5, 0.6) is 11.5 Å². The van der Waals surface area contributed by atoms with Gasteiger partial charge < -0.3 is 14.8 Å². The number of ether oxygens (including phenoxy) is 2. The number of hydrogen-bond donors (Lipinski definition) is 1. The topological polar surface area (TPSA) is 30.5 Å². The summed E-state index contributed by atoms with van der Waals surface area (Å²) in [5.41, 5.74) is 1.37. The Balaban J connectivity index is 1.84. The molecule has 0 saturated heterocycles. The Labute approximate surface area is 102 Å². The molecule has 1 aliphatic heterocycles. The summed E-state index contributed by atoms with van der Waals surface area (Å²) in [5, 5.41) is 3.29. The highest BCUT2D eigenvalue weighted by Crippen LogP contribution is 2.18. The quantitative estimate of drug-likeness (QED) is 0.792. The van der Waals surface area contributed by atoms with Gasteiger partial charge in [0.1, 0.15) is 18.1 Å². The first-order valence-corrected chi connectivity index (χ1v) is 6.13. The summed E-state index contributed by atoms with van der Waals surface area (Å²) >= 11 is 0. The molecule has 0 atom stereocenters. The van der Waals surface area contributed by atoms with Crippen LogP contribution in [0.4, 0.5) is 0 Å². The Morgan fingerprint density at radius 2 is 1.82 bits per heavy atom. The van der Waals surface area contributed by atoms with Gasteiger partial charge in [0.2, 0.25) is 0 Å². The molecule has 1 aliphatic rings. The zero-order chi connectivity index (χ0) is 11.9. The Bertz CT molecular complexity index is 370. The van der Waals surface area contributed by atoms with Crippen LogP contribution in [0.3, 0.4) is 0 Å². The van der Waals surface area contributed by atoms with Crippen LogP contribution < -0.4 is 14.8 Å². The molecule has 3 nitrogen and oxygen atoms in total. The Morgan fingerprint density at radius 3 is 2.41 bits per heavy atom. The first kappa shape index (κ1) is 12.0. The van der Waals surface area contributed by atoms with Crippen LogP contribution in [0.2, 0.25) is 0 Å². The van der Waals surface area contributed by atoms with Crippen LogP contribution in [-0.4, -0.2) is 26.3 Å². The second kappa shape index (κ2) is 6.30. The predicted molar refractivity (Wildman–Crippen MR) is 68.7 cm³/mol. The molecule has 0 unspecified atom stereocenters. The Hall–Kier alpha value is -1.48. The van der Waals surface area contributed by atoms with E-state index in [1.165, 1.54) is 5.57 Å². The van der Waals surface area contributed by atoms with E-state index in [0.29, 0.717) is 13.2 Å². The SMILES string of the molecule is CCOc1ccc(OCC2=CCNCC2)cc1. The minimum absolute atomic E-state index is 0.690. The van der Waals surface area contributed by atoms with Gasteiger partial charge in [-0.3, -0.25) is 0 Å². The fourth-order valence-electron chi connectivity index (χ4n) is 1.78. The Kier molecular flexibility index (Phi) is 4.45. The van der Waals surface area contributed by atoms with E-state index in [1.54, 1.807) is 0 Å². The molecular weight excluding hydrogens is 214 g/mol. The fourth-order valence-corrected chi connectivity index (χ4v) is 1.78. The standard InChI is InChI=1S/C14H19NO2/c1-2-16-13-3-5-14(6-4-13)17-11-12-7-9-15-10-8-12/h3-7,15H,2,8-11H2,1H3. The normalized spacial score (nSPS) is 15.2. The molecule has 1 heterocycles. The molecule has 0 aromatic heterocycles. The van der Waals surface area contributed by atoms with E-state index in [9.17, 15) is 0 Å². The molecule has 0 radical (unpaired) electrons. The highest BCUT2D eigenvalue weighted by Gasteiger charge is 2.03. The molecule has 1 aromatic carbocycles. The van der Waals surface area contributed by atoms with Gasteiger partial charge in [-0.2, -0.15) is 0 Å². The molecule has 0 bridgehead atoms. The maximum Gasteiger partial charge on any atom is 0.120 e. The third-order valence-electron chi connectivity index (χ3n) is 2.72. The number of benzene rings is 1. The van der Waals surface area contributed by atoms with Crippen molar-refractivity contribution in [1.82, 2.24) is 5.32 Å². The van der Waals surface area contributed by atoms with E-state index in [2.05, 4.69) is 11.4 Å². The lowest BCUT2D eigenvalue weighted by Crippen LogP contribution is -2.22. The van der Waals surface area contributed by atoms with Crippen LogP contribution in [0.1, 0.15) is 13.3 Å². The largest absolute Gasteiger partial charge is 0.494 e. The molecule has 0 saturated carbocycles. The molecule has 2 rings (SSSR count). The third-order valence-corrected chi connectivity index (χ3v) is 2.72. The van der Waals surface area contributed by atoms with Crippen LogP contribution in [0.25, 0.3) is 0 Å². The lowest BCUT2D eigenvalue weighted by molar-refractivity contribution is 0.332. The molecular formula is C14H19NO2. The molecule has 1 N–H and O–H groups in total. The van der Waals surface area contributed by atoms with Gasteiger partial charge in [-0.15, -0.1) is 0 Å². The van der Waals surface area contributed by atoms with Gasteiger partial charge in [0.25, 0.3) is 0 Å². The number of rotatable bonds is 5. The summed E-state index contributed by atoms with van der Waals surface area (Å²) in [5.74, 6) is 1.79. The smallest absolute Gasteiger partial charge is 0.120 e. The summed E-state index contributed by atoms with van der Waals surface area (Å²) in [6.45, 7) is 5.38. The lowest BCUT2D eigenvalue weighted by Gasteiger charge is -2.14. The first-order chi connectivity index (χ1) is 8.38.